The Labute approximate surface area is 176 Å². The fourth-order valence-corrected chi connectivity index (χ4v) is 3.91. The van der Waals surface area contributed by atoms with E-state index in [2.05, 4.69) is 17.3 Å². The highest BCUT2D eigenvalue weighted by Crippen LogP contribution is 2.23. The van der Waals surface area contributed by atoms with Crippen LogP contribution in [0.25, 0.3) is 6.08 Å². The van der Waals surface area contributed by atoms with Crippen LogP contribution in [0.15, 0.2) is 24.3 Å². The topological polar surface area (TPSA) is 67.2 Å². The average Bonchev–Trinajstić information content (AvgIpc) is 2.93. The number of carbonyl (C=O) groups excluding carboxylic acids is 2. The summed E-state index contributed by atoms with van der Waals surface area (Å²) in [4.78, 5) is 27.1. The van der Waals surface area contributed by atoms with Crippen molar-refractivity contribution >= 4 is 35.2 Å². The molecular formula is C22H27ClN4O2. The second-order valence-corrected chi connectivity index (χ2v) is 7.97. The fraction of sp³-hybridized carbons (Fsp3) is 0.409. The molecule has 1 N–H and O–H groups in total. The molecule has 2 heterocycles. The molecule has 0 spiro atoms. The number of benzene rings is 1. The van der Waals surface area contributed by atoms with Crippen molar-refractivity contribution in [1.82, 2.24) is 14.7 Å². The Kier molecular flexibility index (Phi) is 6.42. The number of halogens is 1. The number of carbonyl (C=O) groups is 2. The molecule has 2 aromatic rings. The van der Waals surface area contributed by atoms with E-state index >= 15 is 0 Å². The van der Waals surface area contributed by atoms with Gasteiger partial charge in [-0.1, -0.05) is 11.6 Å². The molecule has 6 nitrogen and oxygen atoms in total. The van der Waals surface area contributed by atoms with E-state index in [4.69, 9.17) is 11.6 Å². The summed E-state index contributed by atoms with van der Waals surface area (Å²) in [5.41, 5.74) is 3.66. The van der Waals surface area contributed by atoms with E-state index in [0.29, 0.717) is 16.4 Å². The van der Waals surface area contributed by atoms with E-state index in [-0.39, 0.29) is 17.9 Å². The lowest BCUT2D eigenvalue weighted by molar-refractivity contribution is -0.111. The molecule has 1 aromatic heterocycles. The Hall–Kier alpha value is -2.60. The van der Waals surface area contributed by atoms with Crippen LogP contribution in [0.4, 0.5) is 5.69 Å². The second kappa shape index (κ2) is 8.82. The molecule has 1 atom stereocenters. The second-order valence-electron chi connectivity index (χ2n) is 7.61. The van der Waals surface area contributed by atoms with Gasteiger partial charge in [-0.2, -0.15) is 5.10 Å². The smallest absolute Gasteiger partial charge is 0.254 e. The Morgan fingerprint density at radius 2 is 2.03 bits per heavy atom. The van der Waals surface area contributed by atoms with Crippen LogP contribution >= 0.6 is 11.6 Å². The summed E-state index contributed by atoms with van der Waals surface area (Å²) in [6.45, 7) is 6.63. The summed E-state index contributed by atoms with van der Waals surface area (Å²) in [7, 11) is 1.75. The van der Waals surface area contributed by atoms with Gasteiger partial charge in [0.2, 0.25) is 5.91 Å². The number of rotatable bonds is 4. The van der Waals surface area contributed by atoms with E-state index in [1.165, 1.54) is 12.5 Å². The van der Waals surface area contributed by atoms with Crippen molar-refractivity contribution in [3.8, 4) is 0 Å². The van der Waals surface area contributed by atoms with Gasteiger partial charge in [0, 0.05) is 42.5 Å². The maximum Gasteiger partial charge on any atom is 0.254 e. The molecule has 1 fully saturated rings. The summed E-state index contributed by atoms with van der Waals surface area (Å²) >= 11 is 6.19. The number of amides is 2. The summed E-state index contributed by atoms with van der Waals surface area (Å²) in [5.74, 6) is -0.212. The number of nitrogens with zero attached hydrogens (tertiary/aromatic N) is 3. The predicted molar refractivity (Wildman–Crippen MR) is 116 cm³/mol. The van der Waals surface area contributed by atoms with E-state index < -0.39 is 0 Å². The molecule has 3 rings (SSSR count). The van der Waals surface area contributed by atoms with Crippen LogP contribution in [0.2, 0.25) is 5.15 Å². The molecule has 1 aliphatic rings. The zero-order chi connectivity index (χ0) is 21.1. The van der Waals surface area contributed by atoms with Crippen LogP contribution in [0.1, 0.15) is 53.4 Å². The zero-order valence-corrected chi connectivity index (χ0v) is 18.1. The lowest BCUT2D eigenvalue weighted by Gasteiger charge is -2.33. The molecule has 1 aromatic carbocycles. The van der Waals surface area contributed by atoms with Crippen LogP contribution in [-0.2, 0) is 11.8 Å². The van der Waals surface area contributed by atoms with Crippen LogP contribution in [0, 0.1) is 13.8 Å². The Morgan fingerprint density at radius 3 is 2.66 bits per heavy atom. The number of anilines is 1. The molecule has 0 saturated carbocycles. The lowest BCUT2D eigenvalue weighted by atomic mass is 10.0. The maximum atomic E-state index is 12.8. The van der Waals surface area contributed by atoms with Gasteiger partial charge < -0.3 is 10.2 Å². The quantitative estimate of drug-likeness (QED) is 0.756. The third-order valence-corrected chi connectivity index (χ3v) is 5.84. The molecule has 29 heavy (non-hydrogen) atoms. The number of nitrogens with one attached hydrogen (secondary N) is 1. The van der Waals surface area contributed by atoms with Crippen LogP contribution in [0.3, 0.4) is 0 Å². The highest BCUT2D eigenvalue weighted by Gasteiger charge is 2.24. The number of hydrogen-bond acceptors (Lipinski definition) is 3. The molecule has 1 aliphatic heterocycles. The van der Waals surface area contributed by atoms with Gasteiger partial charge in [-0.25, -0.2) is 0 Å². The highest BCUT2D eigenvalue weighted by molar-refractivity contribution is 6.31. The Morgan fingerprint density at radius 1 is 1.28 bits per heavy atom. The van der Waals surface area contributed by atoms with Gasteiger partial charge in [0.25, 0.3) is 5.91 Å². The average molecular weight is 415 g/mol. The number of likely N-dealkylation sites (tertiary alicyclic amines) is 1. The van der Waals surface area contributed by atoms with E-state index in [1.807, 2.05) is 24.8 Å². The van der Waals surface area contributed by atoms with E-state index in [0.717, 1.165) is 36.2 Å². The molecule has 2 amide bonds. The van der Waals surface area contributed by atoms with Gasteiger partial charge in [0.15, 0.2) is 0 Å². The van der Waals surface area contributed by atoms with Crippen molar-refractivity contribution in [3.05, 3.63) is 51.8 Å². The van der Waals surface area contributed by atoms with E-state index in [9.17, 15) is 9.59 Å². The normalized spacial score (nSPS) is 17.0. The summed E-state index contributed by atoms with van der Waals surface area (Å²) in [6.07, 6.45) is 6.36. The molecular weight excluding hydrogens is 388 g/mol. The predicted octanol–water partition coefficient (Wildman–Crippen LogP) is 4.36. The molecule has 1 unspecified atom stereocenters. The highest BCUT2D eigenvalue weighted by atomic mass is 35.5. The van der Waals surface area contributed by atoms with Crippen molar-refractivity contribution in [2.24, 2.45) is 7.05 Å². The fourth-order valence-electron chi connectivity index (χ4n) is 3.67. The third kappa shape index (κ3) is 4.70. The minimum Gasteiger partial charge on any atom is -0.336 e. The molecule has 0 aliphatic carbocycles. The van der Waals surface area contributed by atoms with Crippen LogP contribution in [-0.4, -0.2) is 39.1 Å². The van der Waals surface area contributed by atoms with Gasteiger partial charge in [0.05, 0.1) is 5.69 Å². The molecule has 7 heteroatoms. The summed E-state index contributed by atoms with van der Waals surface area (Å²) < 4.78 is 1.57. The van der Waals surface area contributed by atoms with Crippen molar-refractivity contribution in [2.45, 2.75) is 46.1 Å². The Bertz CT molecular complexity index is 964. The SMILES string of the molecule is Cc1cc(C(=O)N2CCCCC2C)ccc1NC(=O)/C=C/c1c(C)nn(C)c1Cl. The Balaban J connectivity index is 1.69. The van der Waals surface area contributed by atoms with Crippen molar-refractivity contribution in [2.75, 3.05) is 11.9 Å². The minimum absolute atomic E-state index is 0.0553. The number of piperidine rings is 1. The van der Waals surface area contributed by atoms with Gasteiger partial charge in [-0.05, 0) is 69.9 Å². The molecule has 0 radical (unpaired) electrons. The first-order chi connectivity index (χ1) is 13.8. The summed E-state index contributed by atoms with van der Waals surface area (Å²) in [5, 5.41) is 7.57. The molecule has 0 bridgehead atoms. The molecule has 1 saturated heterocycles. The largest absolute Gasteiger partial charge is 0.336 e. The zero-order valence-electron chi connectivity index (χ0n) is 17.3. The maximum absolute atomic E-state index is 12.8. The van der Waals surface area contributed by atoms with Gasteiger partial charge in [-0.3, -0.25) is 14.3 Å². The standard InChI is InChI=1S/C22H27ClN4O2/c1-14-13-17(22(29)27-12-6-5-7-15(27)2)8-10-19(14)24-20(28)11-9-18-16(3)25-26(4)21(18)23/h8-11,13,15H,5-7,12H2,1-4H3,(H,24,28)/b11-9+. The minimum atomic E-state index is -0.267. The van der Waals surface area contributed by atoms with Gasteiger partial charge >= 0.3 is 0 Å². The lowest BCUT2D eigenvalue weighted by Crippen LogP contribution is -2.42. The first-order valence-corrected chi connectivity index (χ1v) is 10.3. The number of aromatic nitrogens is 2. The number of hydrogen-bond donors (Lipinski definition) is 1. The third-order valence-electron chi connectivity index (χ3n) is 5.39. The monoisotopic (exact) mass is 414 g/mol. The summed E-state index contributed by atoms with van der Waals surface area (Å²) in [6, 6.07) is 5.66. The number of aryl methyl sites for hydroxylation is 3. The van der Waals surface area contributed by atoms with Crippen molar-refractivity contribution in [1.29, 1.82) is 0 Å². The van der Waals surface area contributed by atoms with Crippen molar-refractivity contribution in [3.63, 3.8) is 0 Å². The van der Waals surface area contributed by atoms with Crippen LogP contribution in [0.5, 0.6) is 0 Å². The van der Waals surface area contributed by atoms with Crippen LogP contribution < -0.4 is 5.32 Å². The first kappa shape index (κ1) is 21.1. The van der Waals surface area contributed by atoms with Gasteiger partial charge in [0.1, 0.15) is 5.15 Å². The van der Waals surface area contributed by atoms with E-state index in [1.54, 1.807) is 29.9 Å². The van der Waals surface area contributed by atoms with Crippen molar-refractivity contribution < 1.29 is 9.59 Å². The molecule has 154 valence electrons. The first-order valence-electron chi connectivity index (χ1n) is 9.87. The van der Waals surface area contributed by atoms with Gasteiger partial charge in [-0.15, -0.1) is 0 Å².